The zero-order valence-electron chi connectivity index (χ0n) is 12.4. The number of rotatable bonds is 2. The number of hydrogen-bond donors (Lipinski definition) is 3. The normalized spacial score (nSPS) is 11.0. The first-order valence-corrected chi connectivity index (χ1v) is 7.97. The molecule has 0 aliphatic heterocycles. The van der Waals surface area contributed by atoms with Crippen molar-refractivity contribution in [3.05, 3.63) is 53.8 Å². The van der Waals surface area contributed by atoms with Gasteiger partial charge in [-0.15, -0.1) is 11.3 Å². The van der Waals surface area contributed by atoms with Crippen LogP contribution in [0.4, 0.5) is 0 Å². The summed E-state index contributed by atoms with van der Waals surface area (Å²) >= 11 is 1.55. The first kappa shape index (κ1) is 14.3. The molecule has 0 saturated heterocycles. The van der Waals surface area contributed by atoms with E-state index in [2.05, 4.69) is 15.3 Å². The molecule has 0 spiro atoms. The van der Waals surface area contributed by atoms with Gasteiger partial charge in [-0.1, -0.05) is 6.07 Å². The van der Waals surface area contributed by atoms with Crippen molar-refractivity contribution in [1.82, 2.24) is 19.9 Å². The molecule has 3 aromatic heterocycles. The van der Waals surface area contributed by atoms with Crippen molar-refractivity contribution in [3.8, 4) is 5.69 Å². The van der Waals surface area contributed by atoms with Crippen molar-refractivity contribution in [2.24, 2.45) is 5.73 Å². The van der Waals surface area contributed by atoms with Gasteiger partial charge in [0.2, 0.25) is 0 Å². The molecule has 1 amide bonds. The fraction of sp³-hybridized carbons (Fsp3) is 0. The Kier molecular flexibility index (Phi) is 3.24. The second kappa shape index (κ2) is 5.43. The van der Waals surface area contributed by atoms with E-state index >= 15 is 0 Å². The van der Waals surface area contributed by atoms with Crippen LogP contribution in [0, 0.1) is 5.41 Å². The second-order valence-electron chi connectivity index (χ2n) is 5.13. The van der Waals surface area contributed by atoms with Crippen LogP contribution in [0.2, 0.25) is 0 Å². The van der Waals surface area contributed by atoms with E-state index in [1.54, 1.807) is 35.3 Å². The van der Waals surface area contributed by atoms with Gasteiger partial charge in [0.05, 0.1) is 21.5 Å². The van der Waals surface area contributed by atoms with Crippen LogP contribution >= 0.6 is 11.3 Å². The number of amides is 1. The maximum absolute atomic E-state index is 12.3. The van der Waals surface area contributed by atoms with Crippen molar-refractivity contribution in [2.45, 2.75) is 0 Å². The number of fused-ring (bicyclic) bond motifs is 2. The summed E-state index contributed by atoms with van der Waals surface area (Å²) in [6.45, 7) is 0. The predicted octanol–water partition coefficient (Wildman–Crippen LogP) is 2.26. The molecule has 0 radical (unpaired) electrons. The van der Waals surface area contributed by atoms with Crippen molar-refractivity contribution in [1.29, 1.82) is 5.41 Å². The number of pyridine rings is 1. The lowest BCUT2D eigenvalue weighted by molar-refractivity contribution is 0.0978. The maximum Gasteiger partial charge on any atom is 0.260 e. The third-order valence-corrected chi connectivity index (χ3v) is 4.45. The molecule has 4 aromatic rings. The molecule has 0 unspecified atom stereocenters. The highest BCUT2D eigenvalue weighted by molar-refractivity contribution is 7.16. The molecular formula is C16H12N6OS. The lowest BCUT2D eigenvalue weighted by Crippen LogP contribution is -2.35. The molecule has 0 fully saturated rings. The Bertz CT molecular complexity index is 1100. The van der Waals surface area contributed by atoms with Gasteiger partial charge >= 0.3 is 0 Å². The van der Waals surface area contributed by atoms with Gasteiger partial charge in [-0.25, -0.2) is 9.97 Å². The van der Waals surface area contributed by atoms with E-state index in [1.807, 2.05) is 28.8 Å². The maximum atomic E-state index is 12.3. The molecule has 0 bridgehead atoms. The van der Waals surface area contributed by atoms with Crippen LogP contribution in [0.1, 0.15) is 10.4 Å². The summed E-state index contributed by atoms with van der Waals surface area (Å²) in [7, 11) is 0. The lowest BCUT2D eigenvalue weighted by Gasteiger charge is -2.05. The van der Waals surface area contributed by atoms with E-state index in [0.29, 0.717) is 16.6 Å². The Morgan fingerprint density at radius 1 is 1.25 bits per heavy atom. The van der Waals surface area contributed by atoms with Crippen LogP contribution < -0.4 is 11.1 Å². The van der Waals surface area contributed by atoms with Gasteiger partial charge in [0.25, 0.3) is 5.91 Å². The van der Waals surface area contributed by atoms with E-state index in [-0.39, 0.29) is 0 Å². The number of benzene rings is 1. The summed E-state index contributed by atoms with van der Waals surface area (Å²) in [5.74, 6) is -0.837. The second-order valence-corrected chi connectivity index (χ2v) is 6.02. The third-order valence-electron chi connectivity index (χ3n) is 3.65. The molecule has 0 saturated carbocycles. The van der Waals surface area contributed by atoms with Crippen molar-refractivity contribution >= 4 is 44.5 Å². The Morgan fingerprint density at radius 2 is 2.12 bits per heavy atom. The molecule has 1 aromatic carbocycles. The van der Waals surface area contributed by atoms with E-state index < -0.39 is 11.9 Å². The van der Waals surface area contributed by atoms with Gasteiger partial charge in [-0.05, 0) is 24.3 Å². The first-order valence-electron chi connectivity index (χ1n) is 7.09. The first-order chi connectivity index (χ1) is 11.6. The number of carbonyl (C=O) groups is 1. The topological polar surface area (TPSA) is 110 Å². The minimum Gasteiger partial charge on any atom is -0.370 e. The average Bonchev–Trinajstić information content (AvgIpc) is 3.18. The quantitative estimate of drug-likeness (QED) is 0.385. The Balaban J connectivity index is 1.98. The van der Waals surface area contributed by atoms with Crippen LogP contribution in [-0.2, 0) is 0 Å². The SMILES string of the molecule is N=C(N)NC(=O)c1cn(-c2cccc3scnc23)c2ncccc12. The lowest BCUT2D eigenvalue weighted by atomic mass is 10.2. The third kappa shape index (κ3) is 2.20. The fourth-order valence-corrected chi connectivity index (χ4v) is 3.38. The number of para-hydroxylation sites is 1. The molecule has 4 N–H and O–H groups in total. The number of nitrogens with zero attached hydrogens (tertiary/aromatic N) is 3. The van der Waals surface area contributed by atoms with E-state index in [0.717, 1.165) is 15.9 Å². The number of nitrogens with two attached hydrogens (primary N) is 1. The smallest absolute Gasteiger partial charge is 0.260 e. The van der Waals surface area contributed by atoms with Crippen LogP contribution in [0.3, 0.4) is 0 Å². The molecule has 4 rings (SSSR count). The van der Waals surface area contributed by atoms with Crippen LogP contribution in [0.5, 0.6) is 0 Å². The number of aromatic nitrogens is 3. The molecule has 0 aliphatic carbocycles. The average molecular weight is 336 g/mol. The van der Waals surface area contributed by atoms with Gasteiger partial charge in [0.1, 0.15) is 11.2 Å². The van der Waals surface area contributed by atoms with Crippen molar-refractivity contribution < 1.29 is 4.79 Å². The molecule has 0 atom stereocenters. The van der Waals surface area contributed by atoms with Crippen LogP contribution in [0.25, 0.3) is 26.9 Å². The zero-order chi connectivity index (χ0) is 16.7. The monoisotopic (exact) mass is 336 g/mol. The molecule has 0 aliphatic rings. The summed E-state index contributed by atoms with van der Waals surface area (Å²) in [6.07, 6.45) is 3.37. The van der Waals surface area contributed by atoms with Crippen molar-refractivity contribution in [3.63, 3.8) is 0 Å². The van der Waals surface area contributed by atoms with Crippen molar-refractivity contribution in [2.75, 3.05) is 0 Å². The highest BCUT2D eigenvalue weighted by Crippen LogP contribution is 2.29. The highest BCUT2D eigenvalue weighted by Gasteiger charge is 2.18. The minimum absolute atomic E-state index is 0.397. The van der Waals surface area contributed by atoms with Crippen LogP contribution in [-0.4, -0.2) is 26.4 Å². The number of guanidine groups is 1. The predicted molar refractivity (Wildman–Crippen MR) is 93.6 cm³/mol. The van der Waals surface area contributed by atoms with E-state index in [1.165, 1.54) is 0 Å². The zero-order valence-corrected chi connectivity index (χ0v) is 13.2. The number of thiazole rings is 1. The van der Waals surface area contributed by atoms with Gasteiger partial charge in [-0.2, -0.15) is 0 Å². The molecule has 24 heavy (non-hydrogen) atoms. The van der Waals surface area contributed by atoms with Gasteiger partial charge in [0.15, 0.2) is 5.96 Å². The molecule has 7 nitrogen and oxygen atoms in total. The Labute approximate surface area is 140 Å². The molecular weight excluding hydrogens is 324 g/mol. The molecule has 118 valence electrons. The molecule has 8 heteroatoms. The number of carbonyl (C=O) groups excluding carboxylic acids is 1. The van der Waals surface area contributed by atoms with E-state index in [9.17, 15) is 4.79 Å². The van der Waals surface area contributed by atoms with Gasteiger partial charge in [-0.3, -0.25) is 20.1 Å². The van der Waals surface area contributed by atoms with Crippen LogP contribution in [0.15, 0.2) is 48.2 Å². The van der Waals surface area contributed by atoms with Gasteiger partial charge < -0.3 is 5.73 Å². The number of hydrogen-bond acceptors (Lipinski definition) is 5. The highest BCUT2D eigenvalue weighted by atomic mass is 32.1. The summed E-state index contributed by atoms with van der Waals surface area (Å²) < 4.78 is 2.90. The summed E-state index contributed by atoms with van der Waals surface area (Å²) in [4.78, 5) is 21.2. The summed E-state index contributed by atoms with van der Waals surface area (Å²) in [5, 5.41) is 10.3. The number of nitrogens with one attached hydrogen (secondary N) is 2. The standard InChI is InChI=1S/C16H12N6OS/c17-16(18)21-15(23)10-7-22(14-9(10)3-2-6-19-14)11-4-1-5-12-13(11)20-8-24-12/h1-8H,(H4,17,18,21,23). The Morgan fingerprint density at radius 3 is 2.96 bits per heavy atom. The largest absolute Gasteiger partial charge is 0.370 e. The minimum atomic E-state index is -0.440. The fourth-order valence-electron chi connectivity index (χ4n) is 2.68. The summed E-state index contributed by atoms with van der Waals surface area (Å²) in [5.41, 5.74) is 9.81. The summed E-state index contributed by atoms with van der Waals surface area (Å²) in [6, 6.07) is 9.46. The van der Waals surface area contributed by atoms with E-state index in [4.69, 9.17) is 11.1 Å². The van der Waals surface area contributed by atoms with Gasteiger partial charge in [0, 0.05) is 17.8 Å². The Hall–Kier alpha value is -3.26. The molecule has 3 heterocycles.